The summed E-state index contributed by atoms with van der Waals surface area (Å²) in [6, 6.07) is 12.1. The SMILES string of the molecule is CS(=O)(=O)c1cccc(NC(=O)C2(c3ccc(F)cc3)CC2)c1. The third kappa shape index (κ3) is 3.12. The van der Waals surface area contributed by atoms with Crippen molar-refractivity contribution in [1.29, 1.82) is 0 Å². The van der Waals surface area contributed by atoms with Crippen molar-refractivity contribution in [3.05, 3.63) is 59.9 Å². The van der Waals surface area contributed by atoms with Crippen LogP contribution in [0.3, 0.4) is 0 Å². The van der Waals surface area contributed by atoms with E-state index in [4.69, 9.17) is 0 Å². The Morgan fingerprint density at radius 3 is 2.35 bits per heavy atom. The summed E-state index contributed by atoms with van der Waals surface area (Å²) in [5.41, 5.74) is 0.566. The van der Waals surface area contributed by atoms with E-state index in [9.17, 15) is 17.6 Å². The van der Waals surface area contributed by atoms with Crippen LogP contribution in [0.25, 0.3) is 0 Å². The van der Waals surface area contributed by atoms with Gasteiger partial charge in [-0.3, -0.25) is 4.79 Å². The van der Waals surface area contributed by atoms with E-state index >= 15 is 0 Å². The normalized spacial score (nSPS) is 15.9. The molecule has 0 unspecified atom stereocenters. The lowest BCUT2D eigenvalue weighted by atomic mass is 9.95. The number of hydrogen-bond acceptors (Lipinski definition) is 3. The zero-order chi connectivity index (χ0) is 16.7. The smallest absolute Gasteiger partial charge is 0.235 e. The molecule has 0 bridgehead atoms. The quantitative estimate of drug-likeness (QED) is 0.936. The minimum absolute atomic E-state index is 0.155. The molecule has 23 heavy (non-hydrogen) atoms. The van der Waals surface area contributed by atoms with Gasteiger partial charge in [0, 0.05) is 11.9 Å². The van der Waals surface area contributed by atoms with Gasteiger partial charge in [0.05, 0.1) is 10.3 Å². The number of halogens is 1. The largest absolute Gasteiger partial charge is 0.325 e. The molecule has 1 fully saturated rings. The molecule has 0 heterocycles. The molecule has 0 spiro atoms. The van der Waals surface area contributed by atoms with Gasteiger partial charge in [-0.15, -0.1) is 0 Å². The van der Waals surface area contributed by atoms with Crippen LogP contribution < -0.4 is 5.32 Å². The summed E-state index contributed by atoms with van der Waals surface area (Å²) in [5, 5.41) is 2.77. The van der Waals surface area contributed by atoms with Gasteiger partial charge in [0.2, 0.25) is 5.91 Å². The lowest BCUT2D eigenvalue weighted by Crippen LogP contribution is -2.27. The fourth-order valence-corrected chi connectivity index (χ4v) is 3.26. The summed E-state index contributed by atoms with van der Waals surface area (Å²) < 4.78 is 36.2. The van der Waals surface area contributed by atoms with E-state index in [-0.39, 0.29) is 16.6 Å². The molecule has 2 aromatic rings. The molecule has 1 saturated carbocycles. The third-order valence-corrected chi connectivity index (χ3v) is 5.21. The maximum atomic E-state index is 13.0. The Labute approximate surface area is 134 Å². The number of hydrogen-bond donors (Lipinski definition) is 1. The second kappa shape index (κ2) is 5.45. The van der Waals surface area contributed by atoms with Crippen molar-refractivity contribution in [2.24, 2.45) is 0 Å². The van der Waals surface area contributed by atoms with Crippen molar-refractivity contribution in [2.45, 2.75) is 23.2 Å². The molecule has 1 aliphatic carbocycles. The molecule has 0 aliphatic heterocycles. The zero-order valence-corrected chi connectivity index (χ0v) is 13.4. The van der Waals surface area contributed by atoms with Crippen LogP contribution in [-0.4, -0.2) is 20.6 Å². The lowest BCUT2D eigenvalue weighted by molar-refractivity contribution is -0.118. The van der Waals surface area contributed by atoms with Crippen LogP contribution in [-0.2, 0) is 20.0 Å². The van der Waals surface area contributed by atoms with Crippen molar-refractivity contribution < 1.29 is 17.6 Å². The van der Waals surface area contributed by atoms with Crippen LogP contribution in [0.5, 0.6) is 0 Å². The predicted octanol–water partition coefficient (Wildman–Crippen LogP) is 2.90. The molecule has 6 heteroatoms. The lowest BCUT2D eigenvalue weighted by Gasteiger charge is -2.16. The van der Waals surface area contributed by atoms with Gasteiger partial charge < -0.3 is 5.32 Å². The number of rotatable bonds is 4. The first-order chi connectivity index (χ1) is 10.8. The molecule has 1 aliphatic rings. The number of anilines is 1. The highest BCUT2D eigenvalue weighted by molar-refractivity contribution is 7.90. The van der Waals surface area contributed by atoms with E-state index < -0.39 is 15.3 Å². The Morgan fingerprint density at radius 2 is 1.78 bits per heavy atom. The van der Waals surface area contributed by atoms with Crippen LogP contribution in [0.1, 0.15) is 18.4 Å². The van der Waals surface area contributed by atoms with E-state index in [1.807, 2.05) is 0 Å². The van der Waals surface area contributed by atoms with Crippen molar-refractivity contribution in [3.8, 4) is 0 Å². The van der Waals surface area contributed by atoms with E-state index in [1.54, 1.807) is 24.3 Å². The van der Waals surface area contributed by atoms with Crippen molar-refractivity contribution in [1.82, 2.24) is 0 Å². The summed E-state index contributed by atoms with van der Waals surface area (Å²) in [6.45, 7) is 0. The number of nitrogens with one attached hydrogen (secondary N) is 1. The summed E-state index contributed by atoms with van der Waals surface area (Å²) in [4.78, 5) is 12.7. The molecular weight excluding hydrogens is 317 g/mol. The molecule has 0 atom stereocenters. The van der Waals surface area contributed by atoms with Crippen molar-refractivity contribution in [2.75, 3.05) is 11.6 Å². The Kier molecular flexibility index (Phi) is 3.72. The Balaban J connectivity index is 1.84. The van der Waals surface area contributed by atoms with E-state index in [0.29, 0.717) is 18.5 Å². The molecule has 3 rings (SSSR count). The predicted molar refractivity (Wildman–Crippen MR) is 85.5 cm³/mol. The average Bonchev–Trinajstić information content (AvgIpc) is 3.29. The average molecular weight is 333 g/mol. The molecule has 1 N–H and O–H groups in total. The fraction of sp³-hybridized carbons (Fsp3) is 0.235. The van der Waals surface area contributed by atoms with Gasteiger partial charge in [0.25, 0.3) is 0 Å². The van der Waals surface area contributed by atoms with Gasteiger partial charge in [-0.25, -0.2) is 12.8 Å². The summed E-state index contributed by atoms with van der Waals surface area (Å²) in [5.74, 6) is -0.541. The topological polar surface area (TPSA) is 63.2 Å². The Bertz CT molecular complexity index is 856. The fourth-order valence-electron chi connectivity index (χ4n) is 2.60. The summed E-state index contributed by atoms with van der Waals surface area (Å²) in [7, 11) is -3.33. The first-order valence-electron chi connectivity index (χ1n) is 7.19. The number of sulfone groups is 1. The number of amides is 1. The number of benzene rings is 2. The van der Waals surface area contributed by atoms with Gasteiger partial charge in [-0.1, -0.05) is 18.2 Å². The van der Waals surface area contributed by atoms with E-state index in [0.717, 1.165) is 11.8 Å². The van der Waals surface area contributed by atoms with Crippen LogP contribution in [0.2, 0.25) is 0 Å². The maximum absolute atomic E-state index is 13.0. The van der Waals surface area contributed by atoms with Crippen LogP contribution in [0.15, 0.2) is 53.4 Å². The van der Waals surface area contributed by atoms with Gasteiger partial charge in [0.1, 0.15) is 5.82 Å². The monoisotopic (exact) mass is 333 g/mol. The molecule has 2 aromatic carbocycles. The minimum atomic E-state index is -3.33. The summed E-state index contributed by atoms with van der Waals surface area (Å²) in [6.07, 6.45) is 2.50. The van der Waals surface area contributed by atoms with Gasteiger partial charge in [0.15, 0.2) is 9.84 Å². The number of carbonyl (C=O) groups excluding carboxylic acids is 1. The van der Waals surface area contributed by atoms with Gasteiger partial charge in [-0.05, 0) is 48.7 Å². The standard InChI is InChI=1S/C17H16FNO3S/c1-23(21,22)15-4-2-3-14(11-15)19-16(20)17(9-10-17)12-5-7-13(18)8-6-12/h2-8,11H,9-10H2,1H3,(H,19,20). The van der Waals surface area contributed by atoms with Crippen LogP contribution in [0, 0.1) is 5.82 Å². The molecule has 1 amide bonds. The zero-order valence-electron chi connectivity index (χ0n) is 12.5. The third-order valence-electron chi connectivity index (χ3n) is 4.10. The first kappa shape index (κ1) is 15.7. The van der Waals surface area contributed by atoms with E-state index in [1.165, 1.54) is 24.3 Å². The highest BCUT2D eigenvalue weighted by Gasteiger charge is 2.51. The van der Waals surface area contributed by atoms with Crippen molar-refractivity contribution in [3.63, 3.8) is 0 Å². The van der Waals surface area contributed by atoms with Crippen LogP contribution >= 0.6 is 0 Å². The number of carbonyl (C=O) groups is 1. The first-order valence-corrected chi connectivity index (χ1v) is 9.08. The van der Waals surface area contributed by atoms with Gasteiger partial charge >= 0.3 is 0 Å². The second-order valence-corrected chi connectivity index (χ2v) is 7.86. The second-order valence-electron chi connectivity index (χ2n) is 5.84. The van der Waals surface area contributed by atoms with Gasteiger partial charge in [-0.2, -0.15) is 0 Å². The summed E-state index contributed by atoms with van der Waals surface area (Å²) >= 11 is 0. The van der Waals surface area contributed by atoms with Crippen molar-refractivity contribution >= 4 is 21.4 Å². The maximum Gasteiger partial charge on any atom is 0.235 e. The highest BCUT2D eigenvalue weighted by Crippen LogP contribution is 2.49. The Morgan fingerprint density at radius 1 is 1.13 bits per heavy atom. The molecule has 120 valence electrons. The molecule has 0 radical (unpaired) electrons. The molecule has 0 aromatic heterocycles. The molecule has 0 saturated heterocycles. The highest BCUT2D eigenvalue weighted by atomic mass is 32.2. The van der Waals surface area contributed by atoms with Crippen LogP contribution in [0.4, 0.5) is 10.1 Å². The van der Waals surface area contributed by atoms with E-state index in [2.05, 4.69) is 5.32 Å². The Hall–Kier alpha value is -2.21. The molecular formula is C17H16FNO3S. The minimum Gasteiger partial charge on any atom is -0.325 e. The molecule has 4 nitrogen and oxygen atoms in total.